The molecule has 0 bridgehead atoms. The van der Waals surface area contributed by atoms with Crippen molar-refractivity contribution in [3.63, 3.8) is 0 Å². The lowest BCUT2D eigenvalue weighted by molar-refractivity contribution is -0.113. The van der Waals surface area contributed by atoms with Crippen LogP contribution < -0.4 is 5.32 Å². The number of aromatic nitrogens is 4. The van der Waals surface area contributed by atoms with Crippen LogP contribution in [0.3, 0.4) is 0 Å². The lowest BCUT2D eigenvalue weighted by atomic mass is 10.4. The normalized spacial score (nSPS) is 10.7. The molecule has 1 amide bonds. The Bertz CT molecular complexity index is 818. The van der Waals surface area contributed by atoms with E-state index in [0.29, 0.717) is 10.8 Å². The first-order chi connectivity index (χ1) is 11.1. The molecule has 0 atom stereocenters. The number of rotatable bonds is 5. The van der Waals surface area contributed by atoms with Crippen LogP contribution in [0.25, 0.3) is 10.7 Å². The Balaban J connectivity index is 1.63. The number of thioether (sulfide) groups is 1. The van der Waals surface area contributed by atoms with E-state index in [-0.39, 0.29) is 16.8 Å². The molecule has 0 unspecified atom stereocenters. The maximum absolute atomic E-state index is 12.0. The van der Waals surface area contributed by atoms with E-state index in [0.717, 1.165) is 10.7 Å². The van der Waals surface area contributed by atoms with Crippen molar-refractivity contribution >= 4 is 46.3 Å². The van der Waals surface area contributed by atoms with E-state index < -0.39 is 0 Å². The van der Waals surface area contributed by atoms with Crippen LogP contribution in [-0.4, -0.2) is 31.4 Å². The Morgan fingerprint density at radius 3 is 3.00 bits per heavy atom. The van der Waals surface area contributed by atoms with Crippen LogP contribution in [0.5, 0.6) is 0 Å². The van der Waals surface area contributed by atoms with E-state index >= 15 is 0 Å². The van der Waals surface area contributed by atoms with Crippen LogP contribution in [0, 0.1) is 0 Å². The van der Waals surface area contributed by atoms with Crippen molar-refractivity contribution < 1.29 is 4.79 Å². The fourth-order valence-electron chi connectivity index (χ4n) is 1.86. The Labute approximate surface area is 145 Å². The van der Waals surface area contributed by atoms with E-state index in [1.54, 1.807) is 29.7 Å². The highest BCUT2D eigenvalue weighted by Crippen LogP contribution is 2.26. The number of halogens is 1. The van der Waals surface area contributed by atoms with Gasteiger partial charge in [0.2, 0.25) is 5.91 Å². The Hall–Kier alpha value is -1.90. The summed E-state index contributed by atoms with van der Waals surface area (Å²) in [7, 11) is 1.88. The van der Waals surface area contributed by atoms with Gasteiger partial charge in [-0.05, 0) is 23.6 Å². The van der Waals surface area contributed by atoms with E-state index in [9.17, 15) is 4.79 Å². The van der Waals surface area contributed by atoms with Crippen molar-refractivity contribution in [2.75, 3.05) is 11.1 Å². The van der Waals surface area contributed by atoms with Crippen LogP contribution >= 0.6 is 34.7 Å². The van der Waals surface area contributed by atoms with Crippen molar-refractivity contribution in [3.05, 3.63) is 41.0 Å². The summed E-state index contributed by atoms with van der Waals surface area (Å²) >= 11 is 8.83. The average molecular weight is 366 g/mol. The van der Waals surface area contributed by atoms with Gasteiger partial charge in [0.25, 0.3) is 0 Å². The zero-order chi connectivity index (χ0) is 16.2. The van der Waals surface area contributed by atoms with Crippen LogP contribution in [0.2, 0.25) is 5.15 Å². The van der Waals surface area contributed by atoms with Gasteiger partial charge in [-0.1, -0.05) is 29.4 Å². The number of pyridine rings is 1. The molecule has 0 radical (unpaired) electrons. The van der Waals surface area contributed by atoms with E-state index in [2.05, 4.69) is 20.5 Å². The molecule has 0 fully saturated rings. The van der Waals surface area contributed by atoms with Gasteiger partial charge >= 0.3 is 0 Å². The molecule has 3 aromatic heterocycles. The van der Waals surface area contributed by atoms with Crippen molar-refractivity contribution in [2.45, 2.75) is 5.16 Å². The Morgan fingerprint density at radius 2 is 2.26 bits per heavy atom. The van der Waals surface area contributed by atoms with Gasteiger partial charge in [-0.25, -0.2) is 4.98 Å². The number of carbonyl (C=O) groups excluding carboxylic acids is 1. The van der Waals surface area contributed by atoms with Crippen LogP contribution in [0.1, 0.15) is 0 Å². The van der Waals surface area contributed by atoms with E-state index in [4.69, 9.17) is 11.6 Å². The van der Waals surface area contributed by atoms with Gasteiger partial charge in [-0.3, -0.25) is 4.79 Å². The van der Waals surface area contributed by atoms with Gasteiger partial charge in [0.1, 0.15) is 0 Å². The number of carbonyl (C=O) groups is 1. The average Bonchev–Trinajstić information content (AvgIpc) is 3.17. The highest BCUT2D eigenvalue weighted by atomic mass is 35.5. The highest BCUT2D eigenvalue weighted by molar-refractivity contribution is 7.99. The molecular weight excluding hydrogens is 354 g/mol. The third-order valence-electron chi connectivity index (χ3n) is 2.94. The molecule has 0 saturated carbocycles. The van der Waals surface area contributed by atoms with E-state index in [1.165, 1.54) is 11.8 Å². The van der Waals surface area contributed by atoms with E-state index in [1.807, 2.05) is 29.1 Å². The predicted molar refractivity (Wildman–Crippen MR) is 92.9 cm³/mol. The molecule has 3 heterocycles. The largest absolute Gasteiger partial charge is 0.323 e. The zero-order valence-corrected chi connectivity index (χ0v) is 14.5. The lowest BCUT2D eigenvalue weighted by Crippen LogP contribution is -2.15. The van der Waals surface area contributed by atoms with Gasteiger partial charge in [-0.2, -0.15) is 0 Å². The summed E-state index contributed by atoms with van der Waals surface area (Å²) < 4.78 is 1.88. The summed E-state index contributed by atoms with van der Waals surface area (Å²) in [4.78, 5) is 17.0. The fourth-order valence-corrected chi connectivity index (χ4v) is 3.48. The molecule has 1 N–H and O–H groups in total. The summed E-state index contributed by atoms with van der Waals surface area (Å²) in [5.41, 5.74) is 0.497. The molecule has 0 aliphatic rings. The monoisotopic (exact) mass is 365 g/mol. The smallest absolute Gasteiger partial charge is 0.234 e. The molecule has 23 heavy (non-hydrogen) atoms. The summed E-state index contributed by atoms with van der Waals surface area (Å²) in [5.74, 6) is 0.825. The number of amides is 1. The first-order valence-electron chi connectivity index (χ1n) is 6.61. The van der Waals surface area contributed by atoms with Gasteiger partial charge in [0.15, 0.2) is 16.1 Å². The van der Waals surface area contributed by atoms with Crippen molar-refractivity contribution in [1.82, 2.24) is 19.7 Å². The first kappa shape index (κ1) is 16.0. The minimum Gasteiger partial charge on any atom is -0.323 e. The minimum absolute atomic E-state index is 0.175. The number of nitrogens with one attached hydrogen (secondary N) is 1. The lowest BCUT2D eigenvalue weighted by Gasteiger charge is -2.06. The minimum atomic E-state index is -0.175. The standard InChI is InChI=1S/C14H12ClN5OS2/c1-20-13(10-5-3-7-22-10)18-19-14(20)23-8-11(21)17-9-4-2-6-16-12(9)15/h2-7H,8H2,1H3,(H,17,21). The second kappa shape index (κ2) is 7.12. The summed E-state index contributed by atoms with van der Waals surface area (Å²) in [6.07, 6.45) is 1.57. The highest BCUT2D eigenvalue weighted by Gasteiger charge is 2.14. The molecular formula is C14H12ClN5OS2. The summed E-state index contributed by atoms with van der Waals surface area (Å²) in [6, 6.07) is 7.37. The number of hydrogen-bond donors (Lipinski definition) is 1. The summed E-state index contributed by atoms with van der Waals surface area (Å²) in [6.45, 7) is 0. The number of thiophene rings is 1. The zero-order valence-electron chi connectivity index (χ0n) is 12.1. The first-order valence-corrected chi connectivity index (χ1v) is 8.86. The third kappa shape index (κ3) is 3.72. The van der Waals surface area contributed by atoms with Gasteiger partial charge in [0, 0.05) is 13.2 Å². The molecule has 3 rings (SSSR count). The Kier molecular flexibility index (Phi) is 4.94. The third-order valence-corrected chi connectivity index (χ3v) is 5.13. The second-order valence-corrected chi connectivity index (χ2v) is 6.77. The molecule has 0 aliphatic heterocycles. The molecule has 6 nitrogen and oxygen atoms in total. The number of nitrogens with zero attached hydrogens (tertiary/aromatic N) is 4. The summed E-state index contributed by atoms with van der Waals surface area (Å²) in [5, 5.41) is 14.0. The molecule has 0 spiro atoms. The van der Waals surface area contributed by atoms with Crippen LogP contribution in [-0.2, 0) is 11.8 Å². The van der Waals surface area contributed by atoms with Crippen molar-refractivity contribution in [2.24, 2.45) is 7.05 Å². The number of hydrogen-bond acceptors (Lipinski definition) is 6. The van der Waals surface area contributed by atoms with Gasteiger partial charge < -0.3 is 9.88 Å². The maximum Gasteiger partial charge on any atom is 0.234 e. The quantitative estimate of drug-likeness (QED) is 0.554. The number of anilines is 1. The Morgan fingerprint density at radius 1 is 1.39 bits per heavy atom. The van der Waals surface area contributed by atoms with Gasteiger partial charge in [0.05, 0.1) is 16.3 Å². The van der Waals surface area contributed by atoms with Crippen LogP contribution in [0.15, 0.2) is 41.0 Å². The topological polar surface area (TPSA) is 72.7 Å². The molecule has 118 valence electrons. The van der Waals surface area contributed by atoms with Gasteiger partial charge in [-0.15, -0.1) is 21.5 Å². The SMILES string of the molecule is Cn1c(SCC(=O)Nc2cccnc2Cl)nnc1-c1cccs1. The molecule has 9 heteroatoms. The van der Waals surface area contributed by atoms with Crippen molar-refractivity contribution in [1.29, 1.82) is 0 Å². The fraction of sp³-hybridized carbons (Fsp3) is 0.143. The molecule has 0 aromatic carbocycles. The second-order valence-electron chi connectivity index (χ2n) is 4.52. The predicted octanol–water partition coefficient (Wildman–Crippen LogP) is 3.32. The molecule has 0 aliphatic carbocycles. The molecule has 0 saturated heterocycles. The molecule has 3 aromatic rings. The maximum atomic E-state index is 12.0. The van der Waals surface area contributed by atoms with Crippen molar-refractivity contribution in [3.8, 4) is 10.7 Å². The van der Waals surface area contributed by atoms with Crippen LogP contribution in [0.4, 0.5) is 5.69 Å².